The van der Waals surface area contributed by atoms with Gasteiger partial charge in [-0.2, -0.15) is 0 Å². The first kappa shape index (κ1) is 7.06. The summed E-state index contributed by atoms with van der Waals surface area (Å²) >= 11 is 0. The molecule has 53 valence electrons. The average Bonchev–Trinajstić information content (AvgIpc) is 1.60. The molecule has 1 fully saturated rings. The maximum absolute atomic E-state index is 10.8. The second-order valence-corrected chi connectivity index (χ2v) is 4.85. The molecule has 1 radical (unpaired) electrons. The molecule has 3 heteroatoms. The second-order valence-electron chi connectivity index (χ2n) is 2.62. The van der Waals surface area contributed by atoms with Gasteiger partial charge in [0.05, 0.1) is 11.5 Å². The lowest BCUT2D eigenvalue weighted by Gasteiger charge is -2.16. The summed E-state index contributed by atoms with van der Waals surface area (Å²) in [7, 11) is -2.69. The molecule has 0 aromatic heterocycles. The molecule has 0 amide bonds. The maximum atomic E-state index is 10.8. The number of sulfone groups is 1. The normalized spacial score (nSPS) is 34.1. The van der Waals surface area contributed by atoms with Crippen LogP contribution in [0.4, 0.5) is 0 Å². The van der Waals surface area contributed by atoms with Gasteiger partial charge in [-0.15, -0.1) is 0 Å². The van der Waals surface area contributed by atoms with E-state index in [2.05, 4.69) is 6.92 Å². The van der Waals surface area contributed by atoms with Crippen molar-refractivity contribution in [3.8, 4) is 0 Å². The minimum atomic E-state index is -2.69. The van der Waals surface area contributed by atoms with Gasteiger partial charge in [-0.05, 0) is 25.7 Å². The van der Waals surface area contributed by atoms with Gasteiger partial charge in [0.15, 0.2) is 9.84 Å². The van der Waals surface area contributed by atoms with E-state index in [-0.39, 0.29) is 5.92 Å². The fourth-order valence-corrected chi connectivity index (χ4v) is 2.78. The lowest BCUT2D eigenvalue weighted by Crippen LogP contribution is -2.22. The van der Waals surface area contributed by atoms with Gasteiger partial charge < -0.3 is 0 Å². The third-order valence-corrected chi connectivity index (χ3v) is 3.45. The quantitative estimate of drug-likeness (QED) is 0.504. The van der Waals surface area contributed by atoms with Crippen LogP contribution in [-0.4, -0.2) is 19.9 Å². The molecule has 1 aliphatic rings. The lowest BCUT2D eigenvalue weighted by molar-refractivity contribution is 0.541. The van der Waals surface area contributed by atoms with Gasteiger partial charge in [0.1, 0.15) is 0 Å². The summed E-state index contributed by atoms with van der Waals surface area (Å²) in [5, 5.41) is 0. The van der Waals surface area contributed by atoms with Crippen molar-refractivity contribution in [2.75, 3.05) is 11.5 Å². The molecule has 1 rings (SSSR count). The topological polar surface area (TPSA) is 34.1 Å². The SMILES string of the molecule is [CH2]C1CCCS(=O)(=O)C1. The number of rotatable bonds is 0. The first-order valence-corrected chi connectivity index (χ1v) is 4.96. The van der Waals surface area contributed by atoms with Gasteiger partial charge in [-0.1, -0.05) is 0 Å². The highest BCUT2D eigenvalue weighted by Crippen LogP contribution is 2.16. The van der Waals surface area contributed by atoms with Crippen molar-refractivity contribution in [3.05, 3.63) is 6.92 Å². The molecule has 0 aromatic carbocycles. The van der Waals surface area contributed by atoms with Gasteiger partial charge in [0.25, 0.3) is 0 Å². The standard InChI is InChI=1S/C6H11O2S/c1-6-3-2-4-9(7,8)5-6/h6H,1-5H2. The van der Waals surface area contributed by atoms with Crippen LogP contribution < -0.4 is 0 Å². The Bertz CT molecular complexity index is 181. The Balaban J connectivity index is 2.62. The van der Waals surface area contributed by atoms with Crippen molar-refractivity contribution >= 4 is 9.84 Å². The van der Waals surface area contributed by atoms with Gasteiger partial charge in [-0.25, -0.2) is 8.42 Å². The van der Waals surface area contributed by atoms with E-state index in [9.17, 15) is 8.42 Å². The minimum Gasteiger partial charge on any atom is -0.229 e. The molecular formula is C6H11O2S. The van der Waals surface area contributed by atoms with Crippen molar-refractivity contribution in [3.63, 3.8) is 0 Å². The summed E-state index contributed by atoms with van der Waals surface area (Å²) in [5.41, 5.74) is 0. The summed E-state index contributed by atoms with van der Waals surface area (Å²) in [6.45, 7) is 3.71. The monoisotopic (exact) mass is 147 g/mol. The minimum absolute atomic E-state index is 0.142. The number of hydrogen-bond acceptors (Lipinski definition) is 2. The molecule has 0 bridgehead atoms. The van der Waals surface area contributed by atoms with E-state index in [1.165, 1.54) is 0 Å². The zero-order chi connectivity index (χ0) is 6.91. The zero-order valence-corrected chi connectivity index (χ0v) is 6.15. The van der Waals surface area contributed by atoms with Crippen LogP contribution in [0.1, 0.15) is 12.8 Å². The Morgan fingerprint density at radius 2 is 2.11 bits per heavy atom. The van der Waals surface area contributed by atoms with E-state index in [0.717, 1.165) is 12.8 Å². The summed E-state index contributed by atoms with van der Waals surface area (Å²) in [4.78, 5) is 0. The van der Waals surface area contributed by atoms with E-state index in [1.54, 1.807) is 0 Å². The van der Waals surface area contributed by atoms with Gasteiger partial charge >= 0.3 is 0 Å². The Kier molecular flexibility index (Phi) is 1.80. The van der Waals surface area contributed by atoms with Crippen molar-refractivity contribution < 1.29 is 8.42 Å². The molecule has 0 spiro atoms. The Hall–Kier alpha value is -0.0500. The van der Waals surface area contributed by atoms with Gasteiger partial charge in [0, 0.05) is 0 Å². The number of hydrogen-bond donors (Lipinski definition) is 0. The molecule has 1 saturated heterocycles. The predicted molar refractivity (Wildman–Crippen MR) is 36.7 cm³/mol. The van der Waals surface area contributed by atoms with Crippen molar-refractivity contribution in [2.45, 2.75) is 12.8 Å². The third kappa shape index (κ3) is 1.97. The Labute approximate surface area is 56.2 Å². The molecule has 2 nitrogen and oxygen atoms in total. The van der Waals surface area contributed by atoms with Crippen molar-refractivity contribution in [1.82, 2.24) is 0 Å². The maximum Gasteiger partial charge on any atom is 0.150 e. The first-order chi connectivity index (χ1) is 4.10. The molecule has 1 aliphatic heterocycles. The van der Waals surface area contributed by atoms with E-state index in [0.29, 0.717) is 11.5 Å². The van der Waals surface area contributed by atoms with Crippen LogP contribution in [0, 0.1) is 12.8 Å². The Morgan fingerprint density at radius 3 is 2.44 bits per heavy atom. The molecule has 1 atom stereocenters. The van der Waals surface area contributed by atoms with Crippen molar-refractivity contribution in [1.29, 1.82) is 0 Å². The fourth-order valence-electron chi connectivity index (χ4n) is 1.12. The largest absolute Gasteiger partial charge is 0.229 e. The van der Waals surface area contributed by atoms with Crippen LogP contribution in [0.25, 0.3) is 0 Å². The molecular weight excluding hydrogens is 136 g/mol. The van der Waals surface area contributed by atoms with E-state index < -0.39 is 9.84 Å². The first-order valence-electron chi connectivity index (χ1n) is 3.14. The second kappa shape index (κ2) is 2.29. The lowest BCUT2D eigenvalue weighted by atomic mass is 10.1. The van der Waals surface area contributed by atoms with Gasteiger partial charge in [-0.3, -0.25) is 0 Å². The molecule has 1 heterocycles. The third-order valence-electron chi connectivity index (χ3n) is 1.56. The van der Waals surface area contributed by atoms with Crippen LogP contribution in [-0.2, 0) is 9.84 Å². The molecule has 0 aromatic rings. The summed E-state index contributed by atoms with van der Waals surface area (Å²) in [6, 6.07) is 0. The van der Waals surface area contributed by atoms with E-state index in [1.807, 2.05) is 0 Å². The smallest absolute Gasteiger partial charge is 0.150 e. The highest BCUT2D eigenvalue weighted by molar-refractivity contribution is 7.91. The van der Waals surface area contributed by atoms with Crippen LogP contribution in [0.5, 0.6) is 0 Å². The Morgan fingerprint density at radius 1 is 1.44 bits per heavy atom. The van der Waals surface area contributed by atoms with Crippen LogP contribution in [0.3, 0.4) is 0 Å². The molecule has 0 saturated carbocycles. The van der Waals surface area contributed by atoms with E-state index >= 15 is 0 Å². The van der Waals surface area contributed by atoms with Gasteiger partial charge in [0.2, 0.25) is 0 Å². The fraction of sp³-hybridized carbons (Fsp3) is 0.833. The summed E-state index contributed by atoms with van der Waals surface area (Å²) in [6.07, 6.45) is 1.77. The molecule has 0 N–H and O–H groups in total. The molecule has 1 unspecified atom stereocenters. The van der Waals surface area contributed by atoms with Crippen LogP contribution in [0.15, 0.2) is 0 Å². The molecule has 0 aliphatic carbocycles. The highest BCUT2D eigenvalue weighted by Gasteiger charge is 2.20. The van der Waals surface area contributed by atoms with E-state index in [4.69, 9.17) is 0 Å². The van der Waals surface area contributed by atoms with Crippen LogP contribution in [0.2, 0.25) is 0 Å². The zero-order valence-electron chi connectivity index (χ0n) is 5.34. The van der Waals surface area contributed by atoms with Crippen LogP contribution >= 0.6 is 0 Å². The summed E-state index contributed by atoms with van der Waals surface area (Å²) < 4.78 is 21.6. The highest BCUT2D eigenvalue weighted by atomic mass is 32.2. The predicted octanol–water partition coefficient (Wildman–Crippen LogP) is 0.645. The van der Waals surface area contributed by atoms with Crippen molar-refractivity contribution in [2.24, 2.45) is 5.92 Å². The molecule has 9 heavy (non-hydrogen) atoms. The average molecular weight is 147 g/mol. The summed E-state index contributed by atoms with van der Waals surface area (Å²) in [5.74, 6) is 0.815.